The van der Waals surface area contributed by atoms with Crippen LogP contribution in [0.15, 0.2) is 42.5 Å². The van der Waals surface area contributed by atoms with E-state index in [1.54, 1.807) is 30.3 Å². The van der Waals surface area contributed by atoms with Gasteiger partial charge in [-0.15, -0.1) is 0 Å². The molecule has 0 atom stereocenters. The third-order valence-electron chi connectivity index (χ3n) is 2.92. The summed E-state index contributed by atoms with van der Waals surface area (Å²) in [5.74, 6) is 0.173. The number of carbonyl (C=O) groups is 2. The monoisotopic (exact) mass is 311 g/mol. The van der Waals surface area contributed by atoms with Crippen molar-refractivity contribution in [3.05, 3.63) is 53.6 Å². The van der Waals surface area contributed by atoms with Gasteiger partial charge in [-0.1, -0.05) is 24.3 Å². The van der Waals surface area contributed by atoms with Crippen LogP contribution in [0, 0.1) is 0 Å². The van der Waals surface area contributed by atoms with Crippen LogP contribution in [0.4, 0.5) is 5.69 Å². The number of anilines is 1. The number of nitrogens with two attached hydrogens (primary N) is 1. The Kier molecular flexibility index (Phi) is 5.15. The summed E-state index contributed by atoms with van der Waals surface area (Å²) in [6.07, 6.45) is 3.74. The van der Waals surface area contributed by atoms with Crippen molar-refractivity contribution >= 4 is 29.8 Å². The third-order valence-corrected chi connectivity index (χ3v) is 2.92. The van der Waals surface area contributed by atoms with Gasteiger partial charge in [-0.3, -0.25) is 9.59 Å². The number of benzene rings is 2. The van der Waals surface area contributed by atoms with Gasteiger partial charge in [-0.2, -0.15) is 0 Å². The molecule has 0 saturated carbocycles. The van der Waals surface area contributed by atoms with Crippen molar-refractivity contribution in [3.63, 3.8) is 0 Å². The summed E-state index contributed by atoms with van der Waals surface area (Å²) >= 11 is 0. The molecule has 118 valence electrons. The first-order valence-corrected chi connectivity index (χ1v) is 6.98. The van der Waals surface area contributed by atoms with E-state index in [0.29, 0.717) is 17.2 Å². The van der Waals surface area contributed by atoms with Crippen molar-refractivity contribution in [2.75, 3.05) is 5.73 Å². The molecule has 0 bridgehead atoms. The molecule has 5 nitrogen and oxygen atoms in total. The van der Waals surface area contributed by atoms with E-state index < -0.39 is 0 Å². The molecular weight excluding hydrogens is 294 g/mol. The van der Waals surface area contributed by atoms with Crippen molar-refractivity contribution < 1.29 is 19.1 Å². The SMILES string of the molecule is CC(=O)Oc1ccc(/C=C/c2ccc(OC(C)=O)cc2N)cc1. The van der Waals surface area contributed by atoms with Crippen LogP contribution in [0.25, 0.3) is 12.2 Å². The fourth-order valence-corrected chi connectivity index (χ4v) is 1.93. The van der Waals surface area contributed by atoms with E-state index in [1.807, 2.05) is 24.3 Å². The summed E-state index contributed by atoms with van der Waals surface area (Å²) in [5.41, 5.74) is 8.20. The molecule has 2 N–H and O–H groups in total. The zero-order valence-electron chi connectivity index (χ0n) is 12.9. The quantitative estimate of drug-likeness (QED) is 0.406. The molecule has 2 aromatic rings. The second kappa shape index (κ2) is 7.26. The summed E-state index contributed by atoms with van der Waals surface area (Å²) in [6.45, 7) is 2.69. The van der Waals surface area contributed by atoms with Crippen LogP contribution in [0.2, 0.25) is 0 Å². The van der Waals surface area contributed by atoms with Crippen molar-refractivity contribution in [2.45, 2.75) is 13.8 Å². The Morgan fingerprint density at radius 3 is 2.00 bits per heavy atom. The first kappa shape index (κ1) is 16.3. The Morgan fingerprint density at radius 1 is 0.870 bits per heavy atom. The van der Waals surface area contributed by atoms with Gasteiger partial charge in [0.2, 0.25) is 0 Å². The van der Waals surface area contributed by atoms with Gasteiger partial charge in [0.15, 0.2) is 0 Å². The lowest BCUT2D eigenvalue weighted by Crippen LogP contribution is -2.02. The van der Waals surface area contributed by atoms with Gasteiger partial charge in [-0.05, 0) is 35.4 Å². The fourth-order valence-electron chi connectivity index (χ4n) is 1.93. The van der Waals surface area contributed by atoms with Crippen LogP contribution in [-0.4, -0.2) is 11.9 Å². The highest BCUT2D eigenvalue weighted by Crippen LogP contribution is 2.22. The van der Waals surface area contributed by atoms with Gasteiger partial charge < -0.3 is 15.2 Å². The van der Waals surface area contributed by atoms with Crippen LogP contribution < -0.4 is 15.2 Å². The number of hydrogen-bond donors (Lipinski definition) is 1. The minimum Gasteiger partial charge on any atom is -0.427 e. The van der Waals surface area contributed by atoms with E-state index in [2.05, 4.69) is 0 Å². The largest absolute Gasteiger partial charge is 0.427 e. The van der Waals surface area contributed by atoms with E-state index in [0.717, 1.165) is 11.1 Å². The maximum Gasteiger partial charge on any atom is 0.308 e. The normalized spacial score (nSPS) is 10.5. The molecule has 2 rings (SSSR count). The van der Waals surface area contributed by atoms with Gasteiger partial charge in [0.05, 0.1) is 0 Å². The van der Waals surface area contributed by atoms with Crippen LogP contribution >= 0.6 is 0 Å². The fraction of sp³-hybridized carbons (Fsp3) is 0.111. The number of esters is 2. The predicted molar refractivity (Wildman–Crippen MR) is 88.8 cm³/mol. The predicted octanol–water partition coefficient (Wildman–Crippen LogP) is 3.29. The molecule has 0 aliphatic carbocycles. The van der Waals surface area contributed by atoms with Gasteiger partial charge in [-0.25, -0.2) is 0 Å². The molecule has 23 heavy (non-hydrogen) atoms. The van der Waals surface area contributed by atoms with Crippen LogP contribution in [0.1, 0.15) is 25.0 Å². The molecule has 0 spiro atoms. The topological polar surface area (TPSA) is 78.6 Å². The third kappa shape index (κ3) is 5.00. The van der Waals surface area contributed by atoms with Gasteiger partial charge >= 0.3 is 11.9 Å². The van der Waals surface area contributed by atoms with Gasteiger partial charge in [0, 0.05) is 25.6 Å². The van der Waals surface area contributed by atoms with Crippen LogP contribution in [-0.2, 0) is 9.59 Å². The Morgan fingerprint density at radius 2 is 1.43 bits per heavy atom. The second-order valence-electron chi connectivity index (χ2n) is 4.88. The van der Waals surface area contributed by atoms with Crippen LogP contribution in [0.5, 0.6) is 11.5 Å². The Bertz CT molecular complexity index is 748. The average molecular weight is 311 g/mol. The number of carbonyl (C=O) groups excluding carboxylic acids is 2. The summed E-state index contributed by atoms with van der Waals surface area (Å²) in [7, 11) is 0. The second-order valence-corrected chi connectivity index (χ2v) is 4.88. The molecule has 0 heterocycles. The molecule has 0 aliphatic heterocycles. The molecule has 0 unspecified atom stereocenters. The molecular formula is C18H17NO4. The molecule has 2 aromatic carbocycles. The molecule has 0 radical (unpaired) electrons. The van der Waals surface area contributed by atoms with E-state index in [1.165, 1.54) is 13.8 Å². The lowest BCUT2D eigenvalue weighted by atomic mass is 10.1. The minimum absolute atomic E-state index is 0.353. The highest BCUT2D eigenvalue weighted by Gasteiger charge is 2.02. The first-order valence-electron chi connectivity index (χ1n) is 6.98. The summed E-state index contributed by atoms with van der Waals surface area (Å²) in [5, 5.41) is 0. The van der Waals surface area contributed by atoms with Crippen molar-refractivity contribution in [1.82, 2.24) is 0 Å². The Labute approximate surface area is 134 Å². The first-order chi connectivity index (χ1) is 10.9. The molecule has 0 saturated heterocycles. The number of ether oxygens (including phenoxy) is 2. The summed E-state index contributed by atoms with van der Waals surface area (Å²) in [4.78, 5) is 21.8. The lowest BCUT2D eigenvalue weighted by Gasteiger charge is -2.05. The van der Waals surface area contributed by atoms with Gasteiger partial charge in [0.1, 0.15) is 11.5 Å². The zero-order valence-corrected chi connectivity index (χ0v) is 12.9. The highest BCUT2D eigenvalue weighted by atomic mass is 16.5. The molecule has 0 fully saturated rings. The average Bonchev–Trinajstić information content (AvgIpc) is 2.47. The number of nitrogen functional groups attached to an aromatic ring is 1. The minimum atomic E-state index is -0.388. The van der Waals surface area contributed by atoms with Crippen molar-refractivity contribution in [1.29, 1.82) is 0 Å². The molecule has 0 aliphatic rings. The standard InChI is InChI=1S/C18H17NO4/c1-12(20)22-16-8-4-14(5-9-16)3-6-15-7-10-17(11-18(15)19)23-13(2)21/h3-11H,19H2,1-2H3/b6-3+. The highest BCUT2D eigenvalue weighted by molar-refractivity contribution is 5.77. The van der Waals surface area contributed by atoms with Gasteiger partial charge in [0.25, 0.3) is 0 Å². The summed E-state index contributed by atoms with van der Waals surface area (Å²) < 4.78 is 9.94. The smallest absolute Gasteiger partial charge is 0.308 e. The maximum atomic E-state index is 10.9. The van der Waals surface area contributed by atoms with E-state index in [-0.39, 0.29) is 11.9 Å². The lowest BCUT2D eigenvalue weighted by molar-refractivity contribution is -0.132. The molecule has 0 aromatic heterocycles. The Balaban J connectivity index is 2.10. The van der Waals surface area contributed by atoms with E-state index in [9.17, 15) is 9.59 Å². The van der Waals surface area contributed by atoms with E-state index >= 15 is 0 Å². The number of hydrogen-bond acceptors (Lipinski definition) is 5. The van der Waals surface area contributed by atoms with Crippen LogP contribution in [0.3, 0.4) is 0 Å². The molecule has 5 heteroatoms. The maximum absolute atomic E-state index is 10.9. The summed E-state index contributed by atoms with van der Waals surface area (Å²) in [6, 6.07) is 12.2. The Hall–Kier alpha value is -3.08. The van der Waals surface area contributed by atoms with E-state index in [4.69, 9.17) is 15.2 Å². The van der Waals surface area contributed by atoms with Crippen molar-refractivity contribution in [2.24, 2.45) is 0 Å². The number of rotatable bonds is 4. The molecule has 0 amide bonds. The zero-order chi connectivity index (χ0) is 16.8. The van der Waals surface area contributed by atoms with Crippen molar-refractivity contribution in [3.8, 4) is 11.5 Å².